The second-order valence-electron chi connectivity index (χ2n) is 4.35. The molecule has 124 valence electrons. The molecule has 0 spiro atoms. The van der Waals surface area contributed by atoms with Gasteiger partial charge in [0.05, 0.1) is 4.90 Å². The van der Waals surface area contributed by atoms with E-state index < -0.39 is 16.1 Å². The number of hydrogen-bond acceptors (Lipinski definition) is 7. The SMILES string of the molecule is CCNC(=O)Oc1ccc(S(=O)(=O)Nc2nnc(CC)s2)cc1. The average molecular weight is 356 g/mol. The molecule has 0 fully saturated rings. The van der Waals surface area contributed by atoms with Gasteiger partial charge >= 0.3 is 6.09 Å². The second kappa shape index (κ2) is 7.38. The van der Waals surface area contributed by atoms with Crippen molar-refractivity contribution in [3.8, 4) is 5.75 Å². The number of nitrogens with one attached hydrogen (secondary N) is 2. The first-order valence-corrected chi connectivity index (χ1v) is 9.15. The van der Waals surface area contributed by atoms with Crippen LogP contribution >= 0.6 is 11.3 Å². The van der Waals surface area contributed by atoms with Crippen LogP contribution in [0.1, 0.15) is 18.9 Å². The number of carbonyl (C=O) groups excluding carboxylic acids is 1. The van der Waals surface area contributed by atoms with Gasteiger partial charge < -0.3 is 10.1 Å². The number of sulfonamides is 1. The lowest BCUT2D eigenvalue weighted by Gasteiger charge is -2.07. The summed E-state index contributed by atoms with van der Waals surface area (Å²) >= 11 is 1.18. The number of carbonyl (C=O) groups is 1. The van der Waals surface area contributed by atoms with Crippen LogP contribution in [0.15, 0.2) is 29.2 Å². The maximum atomic E-state index is 12.2. The first-order valence-electron chi connectivity index (χ1n) is 6.85. The van der Waals surface area contributed by atoms with E-state index in [9.17, 15) is 13.2 Å². The third kappa shape index (κ3) is 4.63. The zero-order chi connectivity index (χ0) is 16.9. The highest BCUT2D eigenvalue weighted by molar-refractivity contribution is 7.93. The molecular weight excluding hydrogens is 340 g/mol. The van der Waals surface area contributed by atoms with Gasteiger partial charge in [-0.2, -0.15) is 0 Å². The molecule has 1 heterocycles. The summed E-state index contributed by atoms with van der Waals surface area (Å²) in [5.41, 5.74) is 0. The predicted octanol–water partition coefficient (Wildman–Crippen LogP) is 2.01. The molecule has 2 rings (SSSR count). The van der Waals surface area contributed by atoms with E-state index in [4.69, 9.17) is 4.74 Å². The minimum Gasteiger partial charge on any atom is -0.410 e. The quantitative estimate of drug-likeness (QED) is 0.819. The van der Waals surface area contributed by atoms with E-state index in [1.165, 1.54) is 35.6 Å². The summed E-state index contributed by atoms with van der Waals surface area (Å²) in [5, 5.41) is 11.1. The van der Waals surface area contributed by atoms with Gasteiger partial charge in [0, 0.05) is 6.54 Å². The number of aromatic nitrogens is 2. The average Bonchev–Trinajstić information content (AvgIpc) is 2.95. The molecule has 0 aliphatic rings. The molecular formula is C13H16N4O4S2. The van der Waals surface area contributed by atoms with Crippen molar-refractivity contribution in [2.45, 2.75) is 25.2 Å². The zero-order valence-corrected chi connectivity index (χ0v) is 14.2. The number of hydrogen-bond donors (Lipinski definition) is 2. The van der Waals surface area contributed by atoms with E-state index in [1.807, 2.05) is 6.92 Å². The smallest absolute Gasteiger partial charge is 0.410 e. The molecule has 2 N–H and O–H groups in total. The Morgan fingerprint density at radius 3 is 2.48 bits per heavy atom. The van der Waals surface area contributed by atoms with Crippen LogP contribution in [0.5, 0.6) is 5.75 Å². The number of benzene rings is 1. The molecule has 2 aromatic rings. The third-order valence-corrected chi connectivity index (χ3v) is 5.12. The summed E-state index contributed by atoms with van der Waals surface area (Å²) in [7, 11) is -3.76. The van der Waals surface area contributed by atoms with E-state index in [0.29, 0.717) is 13.0 Å². The molecule has 0 aliphatic heterocycles. The van der Waals surface area contributed by atoms with Gasteiger partial charge in [-0.05, 0) is 37.6 Å². The Balaban J connectivity index is 2.09. The molecule has 0 saturated carbocycles. The van der Waals surface area contributed by atoms with Crippen LogP contribution in [0, 0.1) is 0 Å². The molecule has 23 heavy (non-hydrogen) atoms. The first-order chi connectivity index (χ1) is 10.9. The zero-order valence-electron chi connectivity index (χ0n) is 12.6. The summed E-state index contributed by atoms with van der Waals surface area (Å²) in [4.78, 5) is 11.3. The van der Waals surface area contributed by atoms with Gasteiger partial charge in [-0.1, -0.05) is 18.3 Å². The molecule has 0 saturated heterocycles. The third-order valence-electron chi connectivity index (χ3n) is 2.66. The van der Waals surface area contributed by atoms with Crippen LogP contribution in [0.25, 0.3) is 0 Å². The van der Waals surface area contributed by atoms with Gasteiger partial charge in [-0.15, -0.1) is 10.2 Å². The molecule has 0 aliphatic carbocycles. The lowest BCUT2D eigenvalue weighted by Crippen LogP contribution is -2.26. The normalized spacial score (nSPS) is 11.0. The van der Waals surface area contributed by atoms with Crippen molar-refractivity contribution in [1.29, 1.82) is 0 Å². The lowest BCUT2D eigenvalue weighted by atomic mass is 10.3. The molecule has 0 radical (unpaired) electrons. The Morgan fingerprint density at radius 2 is 1.91 bits per heavy atom. The van der Waals surface area contributed by atoms with E-state index in [1.54, 1.807) is 6.92 Å². The molecule has 1 amide bonds. The van der Waals surface area contributed by atoms with E-state index in [2.05, 4.69) is 20.2 Å². The van der Waals surface area contributed by atoms with Gasteiger partial charge in [0.2, 0.25) is 5.13 Å². The topological polar surface area (TPSA) is 110 Å². The van der Waals surface area contributed by atoms with Crippen LogP contribution < -0.4 is 14.8 Å². The van der Waals surface area contributed by atoms with Crippen LogP contribution in [-0.2, 0) is 16.4 Å². The number of nitrogens with zero attached hydrogens (tertiary/aromatic N) is 2. The van der Waals surface area contributed by atoms with Crippen LogP contribution in [0.4, 0.5) is 9.93 Å². The van der Waals surface area contributed by atoms with E-state index in [-0.39, 0.29) is 15.8 Å². The van der Waals surface area contributed by atoms with E-state index in [0.717, 1.165) is 5.01 Å². The number of rotatable bonds is 6. The highest BCUT2D eigenvalue weighted by atomic mass is 32.2. The summed E-state index contributed by atoms with van der Waals surface area (Å²) in [5.74, 6) is 0.249. The molecule has 10 heteroatoms. The van der Waals surface area contributed by atoms with Crippen molar-refractivity contribution in [2.75, 3.05) is 11.3 Å². The first kappa shape index (κ1) is 17.2. The van der Waals surface area contributed by atoms with E-state index >= 15 is 0 Å². The summed E-state index contributed by atoms with van der Waals surface area (Å²) in [6.07, 6.45) is 0.0906. The van der Waals surface area contributed by atoms with Crippen molar-refractivity contribution in [3.05, 3.63) is 29.3 Å². The Labute approximate surface area is 137 Å². The lowest BCUT2D eigenvalue weighted by molar-refractivity contribution is 0.201. The van der Waals surface area contributed by atoms with Crippen LogP contribution in [-0.4, -0.2) is 31.3 Å². The second-order valence-corrected chi connectivity index (χ2v) is 7.10. The van der Waals surface area contributed by atoms with Gasteiger partial charge in [-0.25, -0.2) is 13.2 Å². The molecule has 0 atom stereocenters. The molecule has 8 nitrogen and oxygen atoms in total. The van der Waals surface area contributed by atoms with Crippen molar-refractivity contribution in [2.24, 2.45) is 0 Å². The number of amides is 1. The summed E-state index contributed by atoms with van der Waals surface area (Å²) in [6, 6.07) is 5.50. The van der Waals surface area contributed by atoms with Gasteiger partial charge in [-0.3, -0.25) is 4.72 Å². The fraction of sp³-hybridized carbons (Fsp3) is 0.308. The highest BCUT2D eigenvalue weighted by Gasteiger charge is 2.17. The monoisotopic (exact) mass is 356 g/mol. The molecule has 1 aromatic carbocycles. The minimum atomic E-state index is -3.76. The van der Waals surface area contributed by atoms with Gasteiger partial charge in [0.25, 0.3) is 10.0 Å². The maximum Gasteiger partial charge on any atom is 0.412 e. The molecule has 1 aromatic heterocycles. The van der Waals surface area contributed by atoms with Crippen LogP contribution in [0.3, 0.4) is 0 Å². The Kier molecular flexibility index (Phi) is 5.50. The maximum absolute atomic E-state index is 12.2. The van der Waals surface area contributed by atoms with Gasteiger partial charge in [0.15, 0.2) is 0 Å². The van der Waals surface area contributed by atoms with Crippen molar-refractivity contribution < 1.29 is 17.9 Å². The Morgan fingerprint density at radius 1 is 1.22 bits per heavy atom. The molecule has 0 bridgehead atoms. The van der Waals surface area contributed by atoms with Crippen molar-refractivity contribution in [3.63, 3.8) is 0 Å². The predicted molar refractivity (Wildman–Crippen MR) is 86.2 cm³/mol. The fourth-order valence-corrected chi connectivity index (χ4v) is 3.50. The number of anilines is 1. The Hall–Kier alpha value is -2.20. The molecule has 0 unspecified atom stereocenters. The van der Waals surface area contributed by atoms with Crippen molar-refractivity contribution >= 4 is 32.6 Å². The van der Waals surface area contributed by atoms with Gasteiger partial charge in [0.1, 0.15) is 10.8 Å². The standard InChI is InChI=1S/C13H16N4O4S2/c1-3-11-15-16-12(22-11)17-23(19,20)10-7-5-9(6-8-10)21-13(18)14-4-2/h5-8H,3-4H2,1-2H3,(H,14,18)(H,16,17). The Bertz CT molecular complexity index is 772. The summed E-state index contributed by atoms with van der Waals surface area (Å²) in [6.45, 7) is 4.11. The highest BCUT2D eigenvalue weighted by Crippen LogP contribution is 2.21. The fourth-order valence-electron chi connectivity index (χ4n) is 1.59. The summed E-state index contributed by atoms with van der Waals surface area (Å²) < 4.78 is 31.8. The largest absolute Gasteiger partial charge is 0.412 e. The van der Waals surface area contributed by atoms with Crippen LogP contribution in [0.2, 0.25) is 0 Å². The van der Waals surface area contributed by atoms with Crippen molar-refractivity contribution in [1.82, 2.24) is 15.5 Å². The number of aryl methyl sites for hydroxylation is 1. The minimum absolute atomic E-state index is 0.0361. The number of ether oxygens (including phenoxy) is 1.